The van der Waals surface area contributed by atoms with Gasteiger partial charge in [-0.1, -0.05) is 0 Å². The third-order valence-electron chi connectivity index (χ3n) is 1.81. The predicted molar refractivity (Wildman–Crippen MR) is 55.4 cm³/mol. The molecule has 1 heterocycles. The molecule has 1 fully saturated rings. The summed E-state index contributed by atoms with van der Waals surface area (Å²) >= 11 is 0. The van der Waals surface area contributed by atoms with Crippen LogP contribution in [0.15, 0.2) is 0 Å². The van der Waals surface area contributed by atoms with Gasteiger partial charge in [0.15, 0.2) is 0 Å². The maximum Gasteiger partial charge on any atom is 0.0731 e. The number of hydrogen-bond donors (Lipinski definition) is 2. The summed E-state index contributed by atoms with van der Waals surface area (Å²) in [5.41, 5.74) is -0.108. The number of aliphatic hydroxyl groups excluding tert-OH is 1. The van der Waals surface area contributed by atoms with E-state index >= 15 is 0 Å². The van der Waals surface area contributed by atoms with Gasteiger partial charge in [0.2, 0.25) is 0 Å². The largest absolute Gasteiger partial charge is 0.392 e. The van der Waals surface area contributed by atoms with Gasteiger partial charge in [0.25, 0.3) is 0 Å². The zero-order valence-corrected chi connectivity index (χ0v) is 9.36. The number of hydrogen-bond acceptors (Lipinski definition) is 3. The molecule has 2 atom stereocenters. The molecule has 0 amide bonds. The third-order valence-corrected chi connectivity index (χ3v) is 1.81. The van der Waals surface area contributed by atoms with Gasteiger partial charge in [-0.3, -0.25) is 0 Å². The lowest BCUT2D eigenvalue weighted by Gasteiger charge is -2.32. The van der Waals surface area contributed by atoms with Crippen molar-refractivity contribution in [2.75, 3.05) is 13.1 Å². The third kappa shape index (κ3) is 5.47. The van der Waals surface area contributed by atoms with Crippen molar-refractivity contribution in [1.82, 2.24) is 5.32 Å². The molecule has 0 aromatic rings. The van der Waals surface area contributed by atoms with Gasteiger partial charge in [0.05, 0.1) is 17.8 Å². The monoisotopic (exact) mass is 209 g/mol. The fourth-order valence-corrected chi connectivity index (χ4v) is 1.47. The van der Waals surface area contributed by atoms with E-state index in [9.17, 15) is 5.11 Å². The fraction of sp³-hybridized carbons (Fsp3) is 1.00. The first kappa shape index (κ1) is 13.2. The molecule has 0 aromatic carbocycles. The van der Waals surface area contributed by atoms with Crippen molar-refractivity contribution < 1.29 is 9.84 Å². The summed E-state index contributed by atoms with van der Waals surface area (Å²) in [6.45, 7) is 7.66. The summed E-state index contributed by atoms with van der Waals surface area (Å²) in [5, 5.41) is 12.5. The van der Waals surface area contributed by atoms with Crippen LogP contribution < -0.4 is 5.32 Å². The van der Waals surface area contributed by atoms with Crippen LogP contribution in [-0.4, -0.2) is 36.0 Å². The molecule has 4 heteroatoms. The van der Waals surface area contributed by atoms with Crippen molar-refractivity contribution in [3.8, 4) is 0 Å². The van der Waals surface area contributed by atoms with E-state index in [1.807, 2.05) is 20.8 Å². The molecule has 0 saturated carbocycles. The highest BCUT2D eigenvalue weighted by molar-refractivity contribution is 5.85. The number of piperidine rings is 1. The second-order valence-corrected chi connectivity index (χ2v) is 4.40. The molecule has 0 unspecified atom stereocenters. The SMILES string of the molecule is CC(C)(C)O[C@H]1CNC[C@@H](O)C1.Cl. The summed E-state index contributed by atoms with van der Waals surface area (Å²) < 4.78 is 5.73. The van der Waals surface area contributed by atoms with Crippen molar-refractivity contribution in [2.24, 2.45) is 0 Å². The van der Waals surface area contributed by atoms with E-state index in [1.165, 1.54) is 0 Å². The van der Waals surface area contributed by atoms with Crippen molar-refractivity contribution in [2.45, 2.75) is 45.0 Å². The van der Waals surface area contributed by atoms with Crippen LogP contribution in [0.2, 0.25) is 0 Å². The minimum absolute atomic E-state index is 0. The first-order valence-electron chi connectivity index (χ1n) is 4.54. The van der Waals surface area contributed by atoms with Crippen LogP contribution in [-0.2, 0) is 4.74 Å². The summed E-state index contributed by atoms with van der Waals surface area (Å²) in [6.07, 6.45) is 0.671. The fourth-order valence-electron chi connectivity index (χ4n) is 1.47. The lowest BCUT2D eigenvalue weighted by atomic mass is 10.1. The lowest BCUT2D eigenvalue weighted by molar-refractivity contribution is -0.0850. The van der Waals surface area contributed by atoms with Crippen molar-refractivity contribution in [1.29, 1.82) is 0 Å². The minimum Gasteiger partial charge on any atom is -0.392 e. The Bertz CT molecular complexity index is 147. The Balaban J connectivity index is 0.00000144. The van der Waals surface area contributed by atoms with E-state index in [0.717, 1.165) is 13.0 Å². The van der Waals surface area contributed by atoms with Gasteiger partial charge in [-0.2, -0.15) is 0 Å². The van der Waals surface area contributed by atoms with E-state index in [1.54, 1.807) is 0 Å². The van der Waals surface area contributed by atoms with E-state index < -0.39 is 0 Å². The standard InChI is InChI=1S/C9H19NO2.ClH/c1-9(2,3)12-8-4-7(11)5-10-6-8;/h7-8,10-11H,4-6H2,1-3H3;1H/t7-,8+;/m0./s1. The summed E-state index contributed by atoms with van der Waals surface area (Å²) in [6, 6.07) is 0. The maximum absolute atomic E-state index is 9.33. The molecule has 0 spiro atoms. The number of β-amino-alcohol motifs (C(OH)–C–C–N with tert-alkyl or cyclic N) is 1. The van der Waals surface area contributed by atoms with Gasteiger partial charge < -0.3 is 15.2 Å². The Morgan fingerprint density at radius 1 is 1.31 bits per heavy atom. The number of halogens is 1. The molecule has 1 rings (SSSR count). The van der Waals surface area contributed by atoms with Gasteiger partial charge in [-0.15, -0.1) is 12.4 Å². The average Bonchev–Trinajstić information content (AvgIpc) is 1.82. The molecular formula is C9H20ClNO2. The highest BCUT2D eigenvalue weighted by Crippen LogP contribution is 2.15. The molecule has 1 aliphatic heterocycles. The van der Waals surface area contributed by atoms with Gasteiger partial charge in [0, 0.05) is 19.5 Å². The number of nitrogens with one attached hydrogen (secondary N) is 1. The molecule has 13 heavy (non-hydrogen) atoms. The number of aliphatic hydroxyl groups is 1. The zero-order valence-electron chi connectivity index (χ0n) is 8.54. The Morgan fingerprint density at radius 2 is 1.92 bits per heavy atom. The Morgan fingerprint density at radius 3 is 2.38 bits per heavy atom. The Labute approximate surface area is 86.3 Å². The first-order chi connectivity index (χ1) is 5.47. The van der Waals surface area contributed by atoms with E-state index in [-0.39, 0.29) is 30.2 Å². The highest BCUT2D eigenvalue weighted by Gasteiger charge is 2.24. The molecule has 0 radical (unpaired) electrons. The predicted octanol–water partition coefficient (Wildman–Crippen LogP) is 0.946. The van der Waals surface area contributed by atoms with Crippen molar-refractivity contribution in [3.05, 3.63) is 0 Å². The van der Waals surface area contributed by atoms with Crippen LogP contribution in [0.5, 0.6) is 0 Å². The Kier molecular flexibility index (Phi) is 5.22. The van der Waals surface area contributed by atoms with E-state index in [2.05, 4.69) is 5.32 Å². The highest BCUT2D eigenvalue weighted by atomic mass is 35.5. The van der Waals surface area contributed by atoms with Crippen molar-refractivity contribution in [3.63, 3.8) is 0 Å². The molecule has 0 bridgehead atoms. The van der Waals surface area contributed by atoms with E-state index in [4.69, 9.17) is 4.74 Å². The molecular weight excluding hydrogens is 190 g/mol. The molecule has 2 N–H and O–H groups in total. The summed E-state index contributed by atoms with van der Waals surface area (Å²) in [5.74, 6) is 0. The van der Waals surface area contributed by atoms with Crippen LogP contribution in [0, 0.1) is 0 Å². The maximum atomic E-state index is 9.33. The Hall–Kier alpha value is 0.170. The summed E-state index contributed by atoms with van der Waals surface area (Å²) in [4.78, 5) is 0. The van der Waals surface area contributed by atoms with E-state index in [0.29, 0.717) is 6.54 Å². The molecule has 0 aliphatic carbocycles. The van der Waals surface area contributed by atoms with Gasteiger partial charge in [-0.05, 0) is 20.8 Å². The second kappa shape index (κ2) is 5.15. The van der Waals surface area contributed by atoms with Gasteiger partial charge in [-0.25, -0.2) is 0 Å². The molecule has 1 saturated heterocycles. The average molecular weight is 210 g/mol. The topological polar surface area (TPSA) is 41.5 Å². The number of rotatable bonds is 1. The molecule has 0 aromatic heterocycles. The van der Waals surface area contributed by atoms with Gasteiger partial charge in [0.1, 0.15) is 0 Å². The van der Waals surface area contributed by atoms with Gasteiger partial charge >= 0.3 is 0 Å². The van der Waals surface area contributed by atoms with Crippen LogP contribution in [0.3, 0.4) is 0 Å². The number of ether oxygens (including phenoxy) is 1. The summed E-state index contributed by atoms with van der Waals surface area (Å²) in [7, 11) is 0. The van der Waals surface area contributed by atoms with Crippen LogP contribution in [0.25, 0.3) is 0 Å². The molecule has 1 aliphatic rings. The van der Waals surface area contributed by atoms with Crippen LogP contribution in [0.4, 0.5) is 0 Å². The first-order valence-corrected chi connectivity index (χ1v) is 4.54. The smallest absolute Gasteiger partial charge is 0.0731 e. The lowest BCUT2D eigenvalue weighted by Crippen LogP contribution is -2.45. The van der Waals surface area contributed by atoms with Crippen molar-refractivity contribution >= 4 is 12.4 Å². The zero-order chi connectivity index (χ0) is 9.19. The molecule has 80 valence electrons. The second-order valence-electron chi connectivity index (χ2n) is 4.40. The molecule has 3 nitrogen and oxygen atoms in total. The van der Waals surface area contributed by atoms with Crippen LogP contribution >= 0.6 is 12.4 Å². The van der Waals surface area contributed by atoms with Crippen LogP contribution in [0.1, 0.15) is 27.2 Å². The minimum atomic E-state index is -0.244. The normalized spacial score (nSPS) is 29.5. The quantitative estimate of drug-likeness (QED) is 0.676.